The average Bonchev–Trinajstić information content (AvgIpc) is 3.57. The molecular weight excluding hydrogens is 555 g/mol. The van der Waals surface area contributed by atoms with Crippen LogP contribution in [0.2, 0.25) is 0 Å². The van der Waals surface area contributed by atoms with E-state index in [1.807, 2.05) is 6.92 Å². The van der Waals surface area contributed by atoms with Gasteiger partial charge in [0.05, 0.1) is 12.7 Å². The second kappa shape index (κ2) is 13.5. The first-order chi connectivity index (χ1) is 20.1. The topological polar surface area (TPSA) is 204 Å². The number of hydrogen-bond donors (Lipinski definition) is 3. The molecule has 226 valence electrons. The van der Waals surface area contributed by atoms with Crippen LogP contribution >= 0.6 is 0 Å². The van der Waals surface area contributed by atoms with E-state index < -0.39 is 67.1 Å². The van der Waals surface area contributed by atoms with E-state index in [0.717, 1.165) is 5.56 Å². The van der Waals surface area contributed by atoms with Crippen molar-refractivity contribution in [3.63, 3.8) is 0 Å². The lowest BCUT2D eigenvalue weighted by molar-refractivity contribution is -0.176. The molecule has 5 N–H and O–H groups in total. The Morgan fingerprint density at radius 1 is 1.21 bits per heavy atom. The number of imidazole rings is 1. The van der Waals surface area contributed by atoms with E-state index in [1.54, 1.807) is 37.3 Å². The molecular formula is C27H33FN6O8. The molecule has 0 aliphatic carbocycles. The van der Waals surface area contributed by atoms with Crippen molar-refractivity contribution in [3.8, 4) is 0 Å². The number of carbonyl (C=O) groups is 3. The molecule has 0 bridgehead atoms. The Kier molecular flexibility index (Phi) is 9.85. The molecule has 4 rings (SSSR count). The van der Waals surface area contributed by atoms with E-state index in [-0.39, 0.29) is 36.1 Å². The van der Waals surface area contributed by atoms with Gasteiger partial charge in [0.25, 0.3) is 5.56 Å². The van der Waals surface area contributed by atoms with E-state index in [0.29, 0.717) is 6.42 Å². The largest absolute Gasteiger partial charge is 0.461 e. The minimum absolute atomic E-state index is 0.00232. The molecule has 1 unspecified atom stereocenters. The fraction of sp³-hybridized carbons (Fsp3) is 0.481. The van der Waals surface area contributed by atoms with Gasteiger partial charge in [-0.05, 0) is 11.5 Å². The van der Waals surface area contributed by atoms with Crippen LogP contribution in [0.15, 0.2) is 41.5 Å². The lowest BCUT2D eigenvalue weighted by Gasteiger charge is -2.22. The number of nitrogens with two attached hydrogens (primary N) is 2. The van der Waals surface area contributed by atoms with Gasteiger partial charge in [0, 0.05) is 6.42 Å². The number of hydrogen-bond acceptors (Lipinski definition) is 12. The Morgan fingerprint density at radius 3 is 2.67 bits per heavy atom. The highest BCUT2D eigenvalue weighted by Crippen LogP contribution is 2.32. The van der Waals surface area contributed by atoms with Crippen molar-refractivity contribution in [1.29, 1.82) is 0 Å². The summed E-state index contributed by atoms with van der Waals surface area (Å²) in [6.45, 7) is 2.97. The molecule has 1 fully saturated rings. The first-order valence-electron chi connectivity index (χ1n) is 13.4. The summed E-state index contributed by atoms with van der Waals surface area (Å²) in [6, 6.07) is 7.82. The standard InChI is InChI=1S/C27H33FN6O8/c1-3-14(2)21(29)26(38)42-17(10-20(35)39-11-15-7-5-4-6-8-15)25(37)40-12-18-16(28)9-19(41-18)34-13-31-22-23(34)32-27(30)33-24(22)36/h4-8,13-14,16-19,21H,3,9-12,29H2,1-2H3,(H3,30,32,33,36)/t14-,16-,17?,18+,19+,21-/m0/s1. The molecule has 3 aromatic rings. The Hall–Kier alpha value is -4.37. The number of rotatable bonds is 12. The van der Waals surface area contributed by atoms with E-state index >= 15 is 0 Å². The van der Waals surface area contributed by atoms with E-state index in [2.05, 4.69) is 15.0 Å². The predicted octanol–water partition coefficient (Wildman–Crippen LogP) is 1.29. The number of anilines is 1. The van der Waals surface area contributed by atoms with Crippen molar-refractivity contribution in [1.82, 2.24) is 19.5 Å². The summed E-state index contributed by atoms with van der Waals surface area (Å²) in [5, 5.41) is 0. The number of aromatic amines is 1. The number of esters is 3. The summed E-state index contributed by atoms with van der Waals surface area (Å²) in [5.41, 5.74) is 11.8. The highest BCUT2D eigenvalue weighted by molar-refractivity contribution is 5.85. The second-order valence-corrected chi connectivity index (χ2v) is 9.97. The molecule has 1 aliphatic rings. The fourth-order valence-corrected chi connectivity index (χ4v) is 4.25. The monoisotopic (exact) mass is 588 g/mol. The molecule has 0 radical (unpaired) electrons. The number of nitrogen functional groups attached to an aromatic ring is 1. The number of aromatic nitrogens is 4. The number of benzene rings is 1. The summed E-state index contributed by atoms with van der Waals surface area (Å²) < 4.78 is 37.7. The third-order valence-electron chi connectivity index (χ3n) is 6.96. The molecule has 15 heteroatoms. The number of ether oxygens (including phenoxy) is 4. The summed E-state index contributed by atoms with van der Waals surface area (Å²) in [4.78, 5) is 60.5. The quantitative estimate of drug-likeness (QED) is 0.202. The van der Waals surface area contributed by atoms with Crippen LogP contribution in [-0.2, 0) is 39.9 Å². The molecule has 3 heterocycles. The summed E-state index contributed by atoms with van der Waals surface area (Å²) in [7, 11) is 0. The van der Waals surface area contributed by atoms with Gasteiger partial charge in [0.1, 0.15) is 37.8 Å². The normalized spacial score (nSPS) is 20.5. The predicted molar refractivity (Wildman–Crippen MR) is 145 cm³/mol. The number of halogens is 1. The van der Waals surface area contributed by atoms with Crippen LogP contribution in [0.25, 0.3) is 11.2 Å². The molecule has 1 saturated heterocycles. The maximum Gasteiger partial charge on any atom is 0.348 e. The van der Waals surface area contributed by atoms with Crippen molar-refractivity contribution in [2.24, 2.45) is 11.7 Å². The van der Waals surface area contributed by atoms with Gasteiger partial charge in [0.2, 0.25) is 12.1 Å². The van der Waals surface area contributed by atoms with Crippen LogP contribution in [0, 0.1) is 5.92 Å². The van der Waals surface area contributed by atoms with Crippen LogP contribution < -0.4 is 17.0 Å². The van der Waals surface area contributed by atoms with Crippen molar-refractivity contribution < 1.29 is 37.7 Å². The number of carbonyl (C=O) groups excluding carboxylic acids is 3. The number of nitrogens with zero attached hydrogens (tertiary/aromatic N) is 3. The molecule has 6 atom stereocenters. The van der Waals surface area contributed by atoms with Gasteiger partial charge in [0.15, 0.2) is 11.2 Å². The van der Waals surface area contributed by atoms with Gasteiger partial charge >= 0.3 is 17.9 Å². The van der Waals surface area contributed by atoms with Gasteiger partial charge in [-0.1, -0.05) is 50.6 Å². The van der Waals surface area contributed by atoms with Crippen LogP contribution in [0.3, 0.4) is 0 Å². The number of nitrogens with one attached hydrogen (secondary N) is 1. The van der Waals surface area contributed by atoms with Crippen molar-refractivity contribution in [2.45, 2.75) is 70.4 Å². The van der Waals surface area contributed by atoms with Crippen LogP contribution in [0.1, 0.15) is 44.9 Å². The molecule has 1 aliphatic heterocycles. The van der Waals surface area contributed by atoms with Crippen molar-refractivity contribution >= 4 is 35.0 Å². The zero-order chi connectivity index (χ0) is 30.4. The lowest BCUT2D eigenvalue weighted by Crippen LogP contribution is -2.43. The average molecular weight is 589 g/mol. The van der Waals surface area contributed by atoms with Crippen LogP contribution in [0.4, 0.5) is 10.3 Å². The fourth-order valence-electron chi connectivity index (χ4n) is 4.25. The van der Waals surface area contributed by atoms with E-state index in [1.165, 1.54) is 10.9 Å². The minimum Gasteiger partial charge on any atom is -0.461 e. The number of H-pyrrole nitrogens is 1. The molecule has 0 saturated carbocycles. The molecule has 14 nitrogen and oxygen atoms in total. The smallest absolute Gasteiger partial charge is 0.348 e. The van der Waals surface area contributed by atoms with Gasteiger partial charge in [-0.25, -0.2) is 14.2 Å². The van der Waals surface area contributed by atoms with Gasteiger partial charge in [-0.2, -0.15) is 4.98 Å². The number of fused-ring (bicyclic) bond motifs is 1. The third-order valence-corrected chi connectivity index (χ3v) is 6.96. The SMILES string of the molecule is CC[C@H](C)[C@H](N)C(=O)OC(CC(=O)OCc1ccccc1)C(=O)OC[C@H]1O[C@@H](n2cnc3c(=O)[nH]c(N)nc32)C[C@@H]1F. The van der Waals surface area contributed by atoms with E-state index in [9.17, 15) is 23.6 Å². The zero-order valence-electron chi connectivity index (χ0n) is 23.1. The van der Waals surface area contributed by atoms with Gasteiger partial charge in [-0.15, -0.1) is 0 Å². The third kappa shape index (κ3) is 7.28. The molecule has 42 heavy (non-hydrogen) atoms. The summed E-state index contributed by atoms with van der Waals surface area (Å²) in [6.07, 6.45) is -4.33. The molecule has 0 spiro atoms. The summed E-state index contributed by atoms with van der Waals surface area (Å²) in [5.74, 6) is -3.21. The zero-order valence-corrected chi connectivity index (χ0v) is 23.1. The minimum atomic E-state index is -1.68. The van der Waals surface area contributed by atoms with Crippen molar-refractivity contribution in [2.75, 3.05) is 12.3 Å². The van der Waals surface area contributed by atoms with Crippen LogP contribution in [-0.4, -0.2) is 68.5 Å². The highest BCUT2D eigenvalue weighted by atomic mass is 19.1. The molecule has 0 amide bonds. The van der Waals surface area contributed by atoms with Crippen molar-refractivity contribution in [3.05, 3.63) is 52.6 Å². The number of alkyl halides is 1. The Labute approximate surface area is 239 Å². The second-order valence-electron chi connectivity index (χ2n) is 9.97. The first kappa shape index (κ1) is 30.6. The van der Waals surface area contributed by atoms with Gasteiger partial charge in [-0.3, -0.25) is 23.9 Å². The van der Waals surface area contributed by atoms with Gasteiger partial charge < -0.3 is 30.4 Å². The molecule has 2 aromatic heterocycles. The maximum absolute atomic E-state index is 14.9. The highest BCUT2D eigenvalue weighted by Gasteiger charge is 2.39. The van der Waals surface area contributed by atoms with E-state index in [4.69, 9.17) is 30.4 Å². The Balaban J connectivity index is 1.40. The molecule has 1 aromatic carbocycles. The summed E-state index contributed by atoms with van der Waals surface area (Å²) >= 11 is 0. The lowest BCUT2D eigenvalue weighted by atomic mass is 10.0. The Morgan fingerprint density at radius 2 is 1.95 bits per heavy atom. The maximum atomic E-state index is 14.9. The van der Waals surface area contributed by atoms with Crippen LogP contribution in [0.5, 0.6) is 0 Å². The Bertz CT molecular complexity index is 1460. The first-order valence-corrected chi connectivity index (χ1v) is 13.4.